The number of nitrogens with zero attached hydrogens (tertiary/aromatic N) is 1. The van der Waals surface area contributed by atoms with Gasteiger partial charge in [-0.3, -0.25) is 15.1 Å². The Morgan fingerprint density at radius 2 is 2.40 bits per heavy atom. The first kappa shape index (κ1) is 12.8. The Hall–Kier alpha value is -0.260. The molecule has 0 aliphatic carbocycles. The Morgan fingerprint density at radius 1 is 1.67 bits per heavy atom. The minimum atomic E-state index is -0.0562. The molecule has 1 aliphatic heterocycles. The van der Waals surface area contributed by atoms with Gasteiger partial charge in [-0.15, -0.1) is 0 Å². The van der Waals surface area contributed by atoms with Crippen molar-refractivity contribution in [3.05, 3.63) is 0 Å². The number of nitrogens with two attached hydrogens (primary N) is 1. The number of carbonyl (C=O) groups excluding carboxylic acids is 1. The van der Waals surface area contributed by atoms with Gasteiger partial charge in [0.15, 0.2) is 0 Å². The Labute approximate surface area is 95.9 Å². The fraction of sp³-hybridized carbons (Fsp3) is 0.900. The van der Waals surface area contributed by atoms with Gasteiger partial charge in [0, 0.05) is 24.1 Å². The lowest BCUT2D eigenvalue weighted by Crippen LogP contribution is -2.52. The van der Waals surface area contributed by atoms with E-state index in [1.807, 2.05) is 18.7 Å². The van der Waals surface area contributed by atoms with E-state index in [4.69, 9.17) is 5.84 Å². The van der Waals surface area contributed by atoms with Crippen molar-refractivity contribution in [3.63, 3.8) is 0 Å². The molecule has 4 nitrogen and oxygen atoms in total. The van der Waals surface area contributed by atoms with Gasteiger partial charge >= 0.3 is 0 Å². The van der Waals surface area contributed by atoms with Crippen LogP contribution in [0.15, 0.2) is 0 Å². The van der Waals surface area contributed by atoms with Crippen molar-refractivity contribution in [1.82, 2.24) is 10.3 Å². The summed E-state index contributed by atoms with van der Waals surface area (Å²) in [5, 5.41) is 0.665. The van der Waals surface area contributed by atoms with E-state index in [0.717, 1.165) is 25.3 Å². The summed E-state index contributed by atoms with van der Waals surface area (Å²) in [6, 6.07) is -0.0510. The van der Waals surface area contributed by atoms with Gasteiger partial charge < -0.3 is 0 Å². The number of carbonyl (C=O) groups is 1. The summed E-state index contributed by atoms with van der Waals surface area (Å²) in [7, 11) is 0. The molecular weight excluding hydrogens is 210 g/mol. The second kappa shape index (κ2) is 6.35. The number of nitrogens with one attached hydrogen (secondary N) is 1. The number of hydrogen-bond donors (Lipinski definition) is 2. The third kappa shape index (κ3) is 3.36. The highest BCUT2D eigenvalue weighted by atomic mass is 32.2. The number of rotatable bonds is 4. The molecule has 88 valence electrons. The summed E-state index contributed by atoms with van der Waals surface area (Å²) in [5.74, 6) is 6.25. The lowest BCUT2D eigenvalue weighted by molar-refractivity contribution is -0.126. The molecule has 5 heteroatoms. The van der Waals surface area contributed by atoms with E-state index >= 15 is 0 Å². The number of hydrazine groups is 1. The molecule has 0 aromatic heterocycles. The van der Waals surface area contributed by atoms with Crippen molar-refractivity contribution in [1.29, 1.82) is 0 Å². The molecule has 1 heterocycles. The molecule has 0 spiro atoms. The molecule has 1 saturated heterocycles. The van der Waals surface area contributed by atoms with E-state index in [1.54, 1.807) is 0 Å². The summed E-state index contributed by atoms with van der Waals surface area (Å²) in [5.41, 5.74) is 2.26. The van der Waals surface area contributed by atoms with Crippen molar-refractivity contribution in [2.45, 2.75) is 38.0 Å². The Bertz CT molecular complexity index is 213. The number of amides is 1. The van der Waals surface area contributed by atoms with E-state index in [1.165, 1.54) is 6.42 Å². The van der Waals surface area contributed by atoms with Crippen LogP contribution in [-0.4, -0.2) is 40.9 Å². The Morgan fingerprint density at radius 3 is 2.93 bits per heavy atom. The molecule has 2 atom stereocenters. The predicted octanol–water partition coefficient (Wildman–Crippen LogP) is 0.582. The topological polar surface area (TPSA) is 58.4 Å². The molecule has 0 bridgehead atoms. The predicted molar refractivity (Wildman–Crippen MR) is 64.5 cm³/mol. The lowest BCUT2D eigenvalue weighted by atomic mass is 10.1. The van der Waals surface area contributed by atoms with Crippen molar-refractivity contribution < 1.29 is 4.79 Å². The molecular formula is C10H21N3OS. The van der Waals surface area contributed by atoms with Gasteiger partial charge in [-0.25, -0.2) is 5.84 Å². The van der Waals surface area contributed by atoms with Gasteiger partial charge in [0.25, 0.3) is 5.91 Å². The molecule has 0 radical (unpaired) electrons. The molecule has 1 amide bonds. The summed E-state index contributed by atoms with van der Waals surface area (Å²) in [6.07, 6.45) is 1.99. The Balaban J connectivity index is 2.55. The monoisotopic (exact) mass is 231 g/mol. The van der Waals surface area contributed by atoms with E-state index in [0.29, 0.717) is 5.25 Å². The van der Waals surface area contributed by atoms with Gasteiger partial charge in [-0.2, -0.15) is 11.8 Å². The summed E-state index contributed by atoms with van der Waals surface area (Å²) >= 11 is 2.01. The van der Waals surface area contributed by atoms with Gasteiger partial charge in [-0.1, -0.05) is 13.8 Å². The van der Waals surface area contributed by atoms with Crippen molar-refractivity contribution in [2.75, 3.05) is 18.8 Å². The van der Waals surface area contributed by atoms with Crippen LogP contribution >= 0.6 is 11.8 Å². The Kier molecular flexibility index (Phi) is 5.42. The molecule has 2 unspecified atom stereocenters. The maximum absolute atomic E-state index is 11.6. The first-order chi connectivity index (χ1) is 7.22. The quantitative estimate of drug-likeness (QED) is 0.422. The summed E-state index contributed by atoms with van der Waals surface area (Å²) in [6.45, 7) is 6.23. The van der Waals surface area contributed by atoms with E-state index < -0.39 is 0 Å². The van der Waals surface area contributed by atoms with Gasteiger partial charge in [0.1, 0.15) is 0 Å². The highest BCUT2D eigenvalue weighted by Gasteiger charge is 2.28. The fourth-order valence-electron chi connectivity index (χ4n) is 1.98. The van der Waals surface area contributed by atoms with Crippen LogP contribution in [0.1, 0.15) is 26.7 Å². The number of hydrogen-bond acceptors (Lipinski definition) is 4. The largest absolute Gasteiger partial charge is 0.293 e. The first-order valence-electron chi connectivity index (χ1n) is 5.59. The smallest absolute Gasteiger partial charge is 0.251 e. The molecule has 0 saturated carbocycles. The minimum absolute atomic E-state index is 0.0510. The summed E-state index contributed by atoms with van der Waals surface area (Å²) < 4.78 is 0. The van der Waals surface area contributed by atoms with Crippen molar-refractivity contribution in [3.8, 4) is 0 Å². The molecule has 1 rings (SSSR count). The average molecular weight is 231 g/mol. The highest BCUT2D eigenvalue weighted by molar-refractivity contribution is 8.00. The molecule has 1 aliphatic rings. The van der Waals surface area contributed by atoms with Crippen molar-refractivity contribution in [2.24, 2.45) is 5.84 Å². The normalized spacial score (nSPS) is 24.9. The third-order valence-electron chi connectivity index (χ3n) is 2.90. The van der Waals surface area contributed by atoms with Gasteiger partial charge in [0.2, 0.25) is 0 Å². The maximum Gasteiger partial charge on any atom is 0.251 e. The van der Waals surface area contributed by atoms with Crippen LogP contribution in [-0.2, 0) is 4.79 Å². The van der Waals surface area contributed by atoms with Gasteiger partial charge in [0.05, 0.1) is 6.04 Å². The molecule has 3 N–H and O–H groups in total. The van der Waals surface area contributed by atoms with Crippen LogP contribution in [0.2, 0.25) is 0 Å². The lowest BCUT2D eigenvalue weighted by Gasteiger charge is -2.36. The van der Waals surface area contributed by atoms with Crippen molar-refractivity contribution >= 4 is 17.7 Å². The molecule has 0 aromatic rings. The van der Waals surface area contributed by atoms with Crippen LogP contribution in [0.3, 0.4) is 0 Å². The van der Waals surface area contributed by atoms with Crippen LogP contribution in [0.5, 0.6) is 0 Å². The zero-order chi connectivity index (χ0) is 11.3. The molecule has 15 heavy (non-hydrogen) atoms. The highest BCUT2D eigenvalue weighted by Crippen LogP contribution is 2.23. The van der Waals surface area contributed by atoms with Crippen LogP contribution in [0.4, 0.5) is 0 Å². The zero-order valence-electron chi connectivity index (χ0n) is 9.53. The average Bonchev–Trinajstić information content (AvgIpc) is 2.30. The van der Waals surface area contributed by atoms with Crippen LogP contribution in [0, 0.1) is 0 Å². The van der Waals surface area contributed by atoms with E-state index in [-0.39, 0.29) is 11.9 Å². The molecule has 1 fully saturated rings. The first-order valence-corrected chi connectivity index (χ1v) is 6.63. The summed E-state index contributed by atoms with van der Waals surface area (Å²) in [4.78, 5) is 13.8. The maximum atomic E-state index is 11.6. The fourth-order valence-corrected chi connectivity index (χ4v) is 3.18. The zero-order valence-corrected chi connectivity index (χ0v) is 10.3. The third-order valence-corrected chi connectivity index (χ3v) is 4.27. The molecule has 0 aromatic carbocycles. The van der Waals surface area contributed by atoms with Crippen LogP contribution < -0.4 is 11.3 Å². The number of thioether (sulfide) groups is 1. The second-order valence-corrected chi connectivity index (χ2v) is 5.24. The standard InChI is InChI=1S/C10H21N3OS/c1-3-8-7-13(5-6-15-8)9(4-2)10(14)12-11/h8-9H,3-7,11H2,1-2H3,(H,12,14). The van der Waals surface area contributed by atoms with E-state index in [2.05, 4.69) is 17.2 Å². The van der Waals surface area contributed by atoms with Gasteiger partial charge in [-0.05, 0) is 12.8 Å². The van der Waals surface area contributed by atoms with Crippen LogP contribution in [0.25, 0.3) is 0 Å². The second-order valence-electron chi connectivity index (χ2n) is 3.83. The minimum Gasteiger partial charge on any atom is -0.293 e. The van der Waals surface area contributed by atoms with E-state index in [9.17, 15) is 4.79 Å². The SMILES string of the molecule is CCC1CN(C(CC)C(=O)NN)CCS1.